The predicted octanol–water partition coefficient (Wildman–Crippen LogP) is 3.76. The Kier molecular flexibility index (Phi) is 7.17. The van der Waals surface area contributed by atoms with Crippen molar-refractivity contribution in [1.29, 1.82) is 0 Å². The van der Waals surface area contributed by atoms with E-state index in [4.69, 9.17) is 4.74 Å². The van der Waals surface area contributed by atoms with Gasteiger partial charge in [0.2, 0.25) is 5.91 Å². The van der Waals surface area contributed by atoms with Gasteiger partial charge in [-0.15, -0.1) is 0 Å². The third kappa shape index (κ3) is 5.79. The Hall–Kier alpha value is -3.93. The molecule has 0 saturated carbocycles. The van der Waals surface area contributed by atoms with Gasteiger partial charge in [0, 0.05) is 17.7 Å². The Bertz CT molecular complexity index is 1070. The van der Waals surface area contributed by atoms with Crippen molar-refractivity contribution in [3.05, 3.63) is 101 Å². The lowest BCUT2D eigenvalue weighted by Crippen LogP contribution is -2.45. The van der Waals surface area contributed by atoms with Gasteiger partial charge in [-0.05, 0) is 42.3 Å². The Morgan fingerprint density at radius 2 is 1.52 bits per heavy atom. The second-order valence-electron chi connectivity index (χ2n) is 7.09. The van der Waals surface area contributed by atoms with Crippen molar-refractivity contribution in [2.75, 3.05) is 12.4 Å². The van der Waals surface area contributed by atoms with Crippen LogP contribution in [0.1, 0.15) is 31.8 Å². The minimum atomic E-state index is -0.809. The maximum atomic E-state index is 13.1. The zero-order chi connectivity index (χ0) is 22.2. The number of hydrogen-bond acceptors (Lipinski definition) is 4. The minimum Gasteiger partial charge on any atom is -0.465 e. The molecule has 1 atom stereocenters. The molecule has 3 aromatic carbocycles. The van der Waals surface area contributed by atoms with Gasteiger partial charge < -0.3 is 15.4 Å². The van der Waals surface area contributed by atoms with Crippen molar-refractivity contribution >= 4 is 23.5 Å². The fraction of sp³-hybridized carbons (Fsp3) is 0.160. The first-order valence-corrected chi connectivity index (χ1v) is 9.87. The second-order valence-corrected chi connectivity index (χ2v) is 7.09. The molecule has 0 aliphatic rings. The van der Waals surface area contributed by atoms with Crippen LogP contribution in [-0.4, -0.2) is 30.9 Å². The molecule has 2 N–H and O–H groups in total. The van der Waals surface area contributed by atoms with Gasteiger partial charge in [0.1, 0.15) is 6.04 Å². The van der Waals surface area contributed by atoms with Crippen molar-refractivity contribution < 1.29 is 19.1 Å². The number of hydrogen-bond donors (Lipinski definition) is 2. The third-order valence-electron chi connectivity index (χ3n) is 4.86. The number of benzene rings is 3. The molecule has 0 aliphatic heterocycles. The van der Waals surface area contributed by atoms with Gasteiger partial charge in [0.05, 0.1) is 12.7 Å². The summed E-state index contributed by atoms with van der Waals surface area (Å²) in [5, 5.41) is 5.67. The monoisotopic (exact) mass is 416 g/mol. The highest BCUT2D eigenvalue weighted by molar-refractivity contribution is 6.02. The molecule has 0 radical (unpaired) electrons. The Labute approximate surface area is 181 Å². The molecule has 6 nitrogen and oxygen atoms in total. The van der Waals surface area contributed by atoms with E-state index in [2.05, 4.69) is 10.6 Å². The molecule has 0 bridgehead atoms. The van der Waals surface area contributed by atoms with Gasteiger partial charge in [0.15, 0.2) is 0 Å². The van der Waals surface area contributed by atoms with Crippen molar-refractivity contribution in [2.45, 2.75) is 19.4 Å². The van der Waals surface area contributed by atoms with Crippen LogP contribution in [-0.2, 0) is 16.0 Å². The van der Waals surface area contributed by atoms with Crippen LogP contribution in [0.3, 0.4) is 0 Å². The second kappa shape index (κ2) is 10.2. The number of carbonyl (C=O) groups is 3. The number of esters is 1. The summed E-state index contributed by atoms with van der Waals surface area (Å²) in [5.74, 6) is -1.20. The highest BCUT2D eigenvalue weighted by atomic mass is 16.5. The Morgan fingerprint density at radius 3 is 2.16 bits per heavy atom. The zero-order valence-corrected chi connectivity index (χ0v) is 17.4. The topological polar surface area (TPSA) is 84.5 Å². The van der Waals surface area contributed by atoms with Gasteiger partial charge >= 0.3 is 5.97 Å². The van der Waals surface area contributed by atoms with Gasteiger partial charge in [0.25, 0.3) is 5.91 Å². The first kappa shape index (κ1) is 21.8. The molecule has 158 valence electrons. The number of nitrogens with one attached hydrogen (secondary N) is 2. The highest BCUT2D eigenvalue weighted by Gasteiger charge is 2.23. The van der Waals surface area contributed by atoms with E-state index < -0.39 is 12.0 Å². The van der Waals surface area contributed by atoms with Crippen molar-refractivity contribution in [2.24, 2.45) is 0 Å². The molecule has 31 heavy (non-hydrogen) atoms. The fourth-order valence-electron chi connectivity index (χ4n) is 3.11. The fourth-order valence-corrected chi connectivity index (χ4v) is 3.11. The molecule has 0 unspecified atom stereocenters. The molecule has 6 heteroatoms. The maximum Gasteiger partial charge on any atom is 0.337 e. The summed E-state index contributed by atoms with van der Waals surface area (Å²) in [6, 6.07) is 22.3. The lowest BCUT2D eigenvalue weighted by atomic mass is 10.0. The quantitative estimate of drug-likeness (QED) is 0.575. The molecule has 3 rings (SSSR count). The number of rotatable bonds is 7. The number of anilines is 1. The molecule has 0 heterocycles. The molecule has 2 amide bonds. The SMILES string of the molecule is COC(=O)c1ccc(C)c(NC(=O)[C@H](Cc2ccccc2)NC(=O)c2ccccc2)c1. The van der Waals surface area contributed by atoms with Crippen LogP contribution in [0.4, 0.5) is 5.69 Å². The smallest absolute Gasteiger partial charge is 0.337 e. The van der Waals surface area contributed by atoms with E-state index in [1.54, 1.807) is 42.5 Å². The number of methoxy groups -OCH3 is 1. The van der Waals surface area contributed by atoms with Gasteiger partial charge in [-0.2, -0.15) is 0 Å². The summed E-state index contributed by atoms with van der Waals surface area (Å²) in [7, 11) is 1.30. The van der Waals surface area contributed by atoms with Crippen LogP contribution in [0.25, 0.3) is 0 Å². The normalized spacial score (nSPS) is 11.3. The average molecular weight is 416 g/mol. The molecular weight excluding hydrogens is 392 g/mol. The van der Waals surface area contributed by atoms with E-state index >= 15 is 0 Å². The molecule has 0 spiro atoms. The van der Waals surface area contributed by atoms with Gasteiger partial charge in [-0.1, -0.05) is 54.6 Å². The summed E-state index contributed by atoms with van der Waals surface area (Å²) in [6.07, 6.45) is 0.320. The summed E-state index contributed by atoms with van der Waals surface area (Å²) in [4.78, 5) is 37.7. The van der Waals surface area contributed by atoms with Crippen LogP contribution in [0.2, 0.25) is 0 Å². The lowest BCUT2D eigenvalue weighted by molar-refractivity contribution is -0.118. The molecule has 0 aliphatic carbocycles. The van der Waals surface area contributed by atoms with E-state index in [0.717, 1.165) is 11.1 Å². The predicted molar refractivity (Wildman–Crippen MR) is 119 cm³/mol. The van der Waals surface area contributed by atoms with Gasteiger partial charge in [-0.25, -0.2) is 4.79 Å². The third-order valence-corrected chi connectivity index (χ3v) is 4.86. The Balaban J connectivity index is 1.83. The largest absolute Gasteiger partial charge is 0.465 e. The van der Waals surface area contributed by atoms with Crippen LogP contribution in [0.15, 0.2) is 78.9 Å². The molecule has 3 aromatic rings. The zero-order valence-electron chi connectivity index (χ0n) is 17.4. The number of amides is 2. The van der Waals surface area contributed by atoms with Crippen molar-refractivity contribution in [3.8, 4) is 0 Å². The molecule has 0 saturated heterocycles. The minimum absolute atomic E-state index is 0.320. The Morgan fingerprint density at radius 1 is 0.871 bits per heavy atom. The molecular formula is C25H24N2O4. The van der Waals surface area contributed by atoms with E-state index in [9.17, 15) is 14.4 Å². The van der Waals surface area contributed by atoms with Crippen LogP contribution in [0.5, 0.6) is 0 Å². The summed E-state index contributed by atoms with van der Waals surface area (Å²) < 4.78 is 4.76. The molecule has 0 fully saturated rings. The van der Waals surface area contributed by atoms with Crippen LogP contribution in [0, 0.1) is 6.92 Å². The van der Waals surface area contributed by atoms with E-state index in [-0.39, 0.29) is 11.8 Å². The standard InChI is InChI=1S/C25H24N2O4/c1-17-13-14-20(25(30)31-2)16-21(17)26-24(29)22(15-18-9-5-3-6-10-18)27-23(28)19-11-7-4-8-12-19/h3-14,16,22H,15H2,1-2H3,(H,26,29)(H,27,28)/t22-/m0/s1. The summed E-state index contributed by atoms with van der Waals surface area (Å²) >= 11 is 0. The van der Waals surface area contributed by atoms with E-state index in [1.807, 2.05) is 43.3 Å². The first-order valence-electron chi connectivity index (χ1n) is 9.87. The summed E-state index contributed by atoms with van der Waals surface area (Å²) in [6.45, 7) is 1.82. The maximum absolute atomic E-state index is 13.1. The average Bonchev–Trinajstić information content (AvgIpc) is 2.80. The highest BCUT2D eigenvalue weighted by Crippen LogP contribution is 2.18. The van der Waals surface area contributed by atoms with Crippen molar-refractivity contribution in [1.82, 2.24) is 5.32 Å². The van der Waals surface area contributed by atoms with Crippen molar-refractivity contribution in [3.63, 3.8) is 0 Å². The number of ether oxygens (including phenoxy) is 1. The van der Waals surface area contributed by atoms with E-state index in [0.29, 0.717) is 23.2 Å². The van der Waals surface area contributed by atoms with Crippen LogP contribution < -0.4 is 10.6 Å². The van der Waals surface area contributed by atoms with Crippen LogP contribution >= 0.6 is 0 Å². The number of carbonyl (C=O) groups excluding carboxylic acids is 3. The molecule has 0 aromatic heterocycles. The van der Waals surface area contributed by atoms with E-state index in [1.165, 1.54) is 7.11 Å². The first-order chi connectivity index (χ1) is 15.0. The van der Waals surface area contributed by atoms with Gasteiger partial charge in [-0.3, -0.25) is 9.59 Å². The number of aryl methyl sites for hydroxylation is 1. The summed E-state index contributed by atoms with van der Waals surface area (Å²) in [5.41, 5.74) is 2.98. The lowest BCUT2D eigenvalue weighted by Gasteiger charge is -2.20.